The number of benzene rings is 2. The van der Waals surface area contributed by atoms with Gasteiger partial charge < -0.3 is 14.5 Å². The molecule has 0 fully saturated rings. The smallest absolute Gasteiger partial charge is 0.433 e. The Morgan fingerprint density at radius 3 is 2.38 bits per heavy atom. The average Bonchev–Trinajstić information content (AvgIpc) is 3.24. The molecule has 0 radical (unpaired) electrons. The highest BCUT2D eigenvalue weighted by Crippen LogP contribution is 2.37. The summed E-state index contributed by atoms with van der Waals surface area (Å²) in [5.74, 6) is -3.62. The minimum absolute atomic E-state index is 0.141. The lowest BCUT2D eigenvalue weighted by Crippen LogP contribution is -2.27. The molecule has 0 saturated carbocycles. The number of hydrogen-bond donors (Lipinski definition) is 1. The van der Waals surface area contributed by atoms with E-state index in [1.807, 2.05) is 0 Å². The predicted octanol–water partition coefficient (Wildman–Crippen LogP) is 5.40. The average molecular weight is 469 g/mol. The molecule has 0 aliphatic heterocycles. The molecule has 166 valence electrons. The molecule has 1 amide bonds. The van der Waals surface area contributed by atoms with E-state index in [1.54, 1.807) is 6.07 Å². The Morgan fingerprint density at radius 2 is 1.78 bits per heavy atom. The van der Waals surface area contributed by atoms with Crippen LogP contribution in [0.2, 0.25) is 5.02 Å². The van der Waals surface area contributed by atoms with Crippen LogP contribution in [0, 0.1) is 10.1 Å². The Morgan fingerprint density at radius 1 is 1.09 bits per heavy atom. The van der Waals surface area contributed by atoms with E-state index in [2.05, 4.69) is 5.32 Å². The van der Waals surface area contributed by atoms with E-state index in [0.29, 0.717) is 6.07 Å². The monoisotopic (exact) mass is 468 g/mol. The first-order valence-corrected chi connectivity index (χ1v) is 9.12. The van der Waals surface area contributed by atoms with Gasteiger partial charge >= 0.3 is 18.0 Å². The van der Waals surface area contributed by atoms with Crippen molar-refractivity contribution in [3.8, 4) is 0 Å². The molecular weight excluding hydrogens is 457 g/mol. The van der Waals surface area contributed by atoms with Gasteiger partial charge in [0.25, 0.3) is 5.91 Å². The third-order valence-corrected chi connectivity index (χ3v) is 4.32. The number of nitrogens with one attached hydrogen (secondary N) is 1. The Labute approximate surface area is 182 Å². The van der Waals surface area contributed by atoms with E-state index >= 15 is 0 Å². The van der Waals surface area contributed by atoms with Gasteiger partial charge in [-0.15, -0.1) is 0 Å². The molecule has 32 heavy (non-hydrogen) atoms. The van der Waals surface area contributed by atoms with Crippen LogP contribution in [0.5, 0.6) is 0 Å². The lowest BCUT2D eigenvalue weighted by atomic mass is 10.1. The number of alkyl halides is 3. The van der Waals surface area contributed by atoms with Gasteiger partial charge in [0.1, 0.15) is 4.92 Å². The van der Waals surface area contributed by atoms with Gasteiger partial charge in [0.15, 0.2) is 0 Å². The molecule has 1 atom stereocenters. The number of ether oxygens (including phenoxy) is 1. The molecule has 1 heterocycles. The summed E-state index contributed by atoms with van der Waals surface area (Å²) in [6, 6.07) is 12.1. The van der Waals surface area contributed by atoms with E-state index in [4.69, 9.17) is 20.8 Å². The number of halogens is 4. The predicted molar refractivity (Wildman–Crippen MR) is 105 cm³/mol. The zero-order valence-electron chi connectivity index (χ0n) is 15.8. The molecule has 3 aromatic rings. The van der Waals surface area contributed by atoms with E-state index in [1.165, 1.54) is 24.3 Å². The van der Waals surface area contributed by atoms with Gasteiger partial charge in [0.05, 0.1) is 17.3 Å². The fourth-order valence-corrected chi connectivity index (χ4v) is 2.83. The Balaban J connectivity index is 1.91. The summed E-state index contributed by atoms with van der Waals surface area (Å²) in [6.07, 6.45) is -6.51. The number of rotatable bonds is 6. The third-order valence-electron chi connectivity index (χ3n) is 4.08. The summed E-state index contributed by atoms with van der Waals surface area (Å²) in [5, 5.41) is 12.6. The van der Waals surface area contributed by atoms with Crippen LogP contribution < -0.4 is 5.32 Å². The Hall–Kier alpha value is -3.86. The normalized spacial score (nSPS) is 12.1. The van der Waals surface area contributed by atoms with E-state index < -0.39 is 52.0 Å². The van der Waals surface area contributed by atoms with Crippen molar-refractivity contribution in [2.75, 3.05) is 5.32 Å². The van der Waals surface area contributed by atoms with Crippen LogP contribution in [0.1, 0.15) is 27.8 Å². The standard InChI is InChI=1S/C20H12ClF3N2O6/c21-12-6-7-14(13(10-12)20(22,23)24)25-18(27)17(11-4-2-1-3-5-11)32-19(28)15-8-9-16(31-15)26(29)30/h1-10,17H,(H,25,27)/t17-/m0/s1. The van der Waals surface area contributed by atoms with Crippen molar-refractivity contribution in [1.82, 2.24) is 0 Å². The molecule has 0 saturated heterocycles. The van der Waals surface area contributed by atoms with Gasteiger partial charge in [-0.3, -0.25) is 14.9 Å². The van der Waals surface area contributed by atoms with Crippen molar-refractivity contribution in [2.45, 2.75) is 12.3 Å². The SMILES string of the molecule is O=C(O[C@H](C(=O)Nc1ccc(Cl)cc1C(F)(F)F)c1ccccc1)c1ccc([N+](=O)[O-])o1. The molecular formula is C20H12ClF3N2O6. The molecule has 3 rings (SSSR count). The molecule has 0 aliphatic rings. The van der Waals surface area contributed by atoms with Crippen LogP contribution in [0.15, 0.2) is 65.1 Å². The molecule has 0 bridgehead atoms. The molecule has 0 spiro atoms. The summed E-state index contributed by atoms with van der Waals surface area (Å²) >= 11 is 5.64. The third kappa shape index (κ3) is 5.24. The Bertz CT molecular complexity index is 1160. The van der Waals surface area contributed by atoms with Crippen LogP contribution >= 0.6 is 11.6 Å². The number of hydrogen-bond acceptors (Lipinski definition) is 6. The number of amides is 1. The van der Waals surface area contributed by atoms with Crippen LogP contribution in [-0.2, 0) is 15.7 Å². The van der Waals surface area contributed by atoms with Crippen LogP contribution in [0.4, 0.5) is 24.7 Å². The van der Waals surface area contributed by atoms with Crippen molar-refractivity contribution in [3.05, 3.63) is 92.7 Å². The van der Waals surface area contributed by atoms with Crippen molar-refractivity contribution in [3.63, 3.8) is 0 Å². The summed E-state index contributed by atoms with van der Waals surface area (Å²) in [4.78, 5) is 35.1. The summed E-state index contributed by atoms with van der Waals surface area (Å²) < 4.78 is 49.9. The number of carbonyl (C=O) groups excluding carboxylic acids is 2. The van der Waals surface area contributed by atoms with Gasteiger partial charge in [-0.25, -0.2) is 4.79 Å². The number of nitrogens with zero attached hydrogens (tertiary/aromatic N) is 1. The van der Waals surface area contributed by atoms with Crippen LogP contribution in [0.3, 0.4) is 0 Å². The van der Waals surface area contributed by atoms with Gasteiger partial charge in [0.2, 0.25) is 11.9 Å². The maximum Gasteiger partial charge on any atom is 0.433 e. The Kier molecular flexibility index (Phi) is 6.49. The van der Waals surface area contributed by atoms with Crippen molar-refractivity contribution in [1.29, 1.82) is 0 Å². The first-order valence-electron chi connectivity index (χ1n) is 8.74. The fourth-order valence-electron chi connectivity index (χ4n) is 2.66. The molecule has 0 unspecified atom stereocenters. The molecule has 8 nitrogen and oxygen atoms in total. The summed E-state index contributed by atoms with van der Waals surface area (Å²) in [6.45, 7) is 0. The van der Waals surface area contributed by atoms with E-state index in [0.717, 1.165) is 24.3 Å². The second-order valence-electron chi connectivity index (χ2n) is 6.27. The van der Waals surface area contributed by atoms with E-state index in [-0.39, 0.29) is 10.6 Å². The summed E-state index contributed by atoms with van der Waals surface area (Å²) in [7, 11) is 0. The van der Waals surface area contributed by atoms with E-state index in [9.17, 15) is 32.9 Å². The lowest BCUT2D eigenvalue weighted by molar-refractivity contribution is -0.402. The number of esters is 1. The van der Waals surface area contributed by atoms with Crippen molar-refractivity contribution in [2.24, 2.45) is 0 Å². The van der Waals surface area contributed by atoms with Gasteiger partial charge in [-0.05, 0) is 24.3 Å². The fraction of sp³-hybridized carbons (Fsp3) is 0.100. The number of anilines is 1. The number of carbonyl (C=O) groups is 2. The van der Waals surface area contributed by atoms with Crippen molar-refractivity contribution >= 4 is 35.0 Å². The second-order valence-corrected chi connectivity index (χ2v) is 6.70. The highest BCUT2D eigenvalue weighted by molar-refractivity contribution is 6.30. The topological polar surface area (TPSA) is 112 Å². The van der Waals surface area contributed by atoms with Crippen LogP contribution in [0.25, 0.3) is 0 Å². The van der Waals surface area contributed by atoms with Gasteiger partial charge in [-0.1, -0.05) is 41.9 Å². The van der Waals surface area contributed by atoms with Gasteiger partial charge in [-0.2, -0.15) is 13.2 Å². The first-order chi connectivity index (χ1) is 15.1. The molecule has 2 aromatic carbocycles. The molecule has 0 aliphatic carbocycles. The molecule has 1 N–H and O–H groups in total. The highest BCUT2D eigenvalue weighted by atomic mass is 35.5. The molecule has 12 heteroatoms. The molecule has 1 aromatic heterocycles. The summed E-state index contributed by atoms with van der Waals surface area (Å²) in [5.41, 5.74) is -1.66. The largest absolute Gasteiger partial charge is 0.441 e. The maximum absolute atomic E-state index is 13.3. The minimum Gasteiger partial charge on any atom is -0.441 e. The van der Waals surface area contributed by atoms with Gasteiger partial charge in [0, 0.05) is 10.6 Å². The quantitative estimate of drug-likeness (QED) is 0.294. The first kappa shape index (κ1) is 22.8. The number of furan rings is 1. The zero-order chi connectivity index (χ0) is 23.5. The van der Waals surface area contributed by atoms with Crippen LogP contribution in [-0.4, -0.2) is 16.8 Å². The lowest BCUT2D eigenvalue weighted by Gasteiger charge is -2.19. The highest BCUT2D eigenvalue weighted by Gasteiger charge is 2.35. The maximum atomic E-state index is 13.3. The van der Waals surface area contributed by atoms with Crippen molar-refractivity contribution < 1.29 is 36.8 Å². The second kappa shape index (κ2) is 9.10. The minimum atomic E-state index is -4.82. The number of nitro groups is 1. The zero-order valence-corrected chi connectivity index (χ0v) is 16.5.